The number of anilines is 2. The first-order chi connectivity index (χ1) is 12.7. The van der Waals surface area contributed by atoms with Crippen molar-refractivity contribution in [2.24, 2.45) is 10.7 Å². The lowest BCUT2D eigenvalue weighted by molar-refractivity contribution is 0.380. The first kappa shape index (κ1) is 17.1. The van der Waals surface area contributed by atoms with Crippen molar-refractivity contribution in [2.75, 3.05) is 49.6 Å². The molecule has 1 aromatic heterocycles. The SMILES string of the molecule is CN1CCCc2cc(CN=C(N)N3CCN(c4nccs4)CC3)ccc21. The lowest BCUT2D eigenvalue weighted by Gasteiger charge is -2.35. The molecule has 7 heteroatoms. The van der Waals surface area contributed by atoms with E-state index in [1.807, 2.05) is 11.6 Å². The van der Waals surface area contributed by atoms with Gasteiger partial charge in [-0.3, -0.25) is 0 Å². The van der Waals surface area contributed by atoms with Crippen LogP contribution < -0.4 is 15.5 Å². The fourth-order valence-corrected chi connectivity index (χ4v) is 4.40. The second-order valence-corrected chi connectivity index (χ2v) is 7.82. The molecule has 138 valence electrons. The molecule has 1 saturated heterocycles. The molecule has 0 atom stereocenters. The van der Waals surface area contributed by atoms with Crippen LogP contribution in [0.25, 0.3) is 0 Å². The van der Waals surface area contributed by atoms with Gasteiger partial charge in [0, 0.05) is 57.0 Å². The zero-order chi connectivity index (χ0) is 17.9. The van der Waals surface area contributed by atoms with Crippen LogP contribution in [0.1, 0.15) is 17.5 Å². The monoisotopic (exact) mass is 370 g/mol. The lowest BCUT2D eigenvalue weighted by Crippen LogP contribution is -2.51. The molecule has 0 bridgehead atoms. The first-order valence-electron chi connectivity index (χ1n) is 9.23. The molecule has 1 fully saturated rings. The zero-order valence-corrected chi connectivity index (χ0v) is 16.1. The van der Waals surface area contributed by atoms with Crippen LogP contribution in [0, 0.1) is 0 Å². The Morgan fingerprint density at radius 3 is 2.85 bits per heavy atom. The second kappa shape index (κ2) is 7.53. The number of aliphatic imine (C=N–C) groups is 1. The van der Waals surface area contributed by atoms with Crippen LogP contribution in [0.15, 0.2) is 34.8 Å². The molecule has 0 amide bonds. The Bertz CT molecular complexity index is 764. The maximum atomic E-state index is 6.26. The van der Waals surface area contributed by atoms with Crippen molar-refractivity contribution in [2.45, 2.75) is 19.4 Å². The minimum absolute atomic E-state index is 0.648. The van der Waals surface area contributed by atoms with Crippen molar-refractivity contribution in [1.29, 1.82) is 0 Å². The molecular formula is C19H26N6S. The molecule has 0 saturated carbocycles. The molecule has 3 heterocycles. The number of nitrogens with zero attached hydrogens (tertiary/aromatic N) is 5. The standard InChI is InChI=1S/C19H26N6S/c1-23-7-2-3-16-13-15(4-5-17(16)23)14-22-18(20)24-8-10-25(11-9-24)19-21-6-12-26-19/h4-6,12-13H,2-3,7-11,14H2,1H3,(H2,20,22). The minimum Gasteiger partial charge on any atom is -0.374 e. The summed E-state index contributed by atoms with van der Waals surface area (Å²) in [7, 11) is 2.17. The highest BCUT2D eigenvalue weighted by atomic mass is 32.1. The van der Waals surface area contributed by atoms with E-state index in [9.17, 15) is 0 Å². The van der Waals surface area contributed by atoms with Gasteiger partial charge in [-0.25, -0.2) is 9.98 Å². The van der Waals surface area contributed by atoms with E-state index in [1.54, 1.807) is 11.3 Å². The van der Waals surface area contributed by atoms with Crippen LogP contribution in [0.2, 0.25) is 0 Å². The van der Waals surface area contributed by atoms with Crippen molar-refractivity contribution in [3.05, 3.63) is 40.9 Å². The average molecular weight is 371 g/mol. The topological polar surface area (TPSA) is 61.0 Å². The number of piperazine rings is 1. The first-order valence-corrected chi connectivity index (χ1v) is 10.1. The van der Waals surface area contributed by atoms with Gasteiger partial charge in [0.15, 0.2) is 11.1 Å². The normalized spacial score (nSPS) is 18.2. The van der Waals surface area contributed by atoms with Gasteiger partial charge in [0.25, 0.3) is 0 Å². The van der Waals surface area contributed by atoms with E-state index in [2.05, 4.69) is 49.9 Å². The predicted octanol–water partition coefficient (Wildman–Crippen LogP) is 2.16. The van der Waals surface area contributed by atoms with Gasteiger partial charge >= 0.3 is 0 Å². The number of benzene rings is 1. The van der Waals surface area contributed by atoms with Crippen molar-refractivity contribution in [3.8, 4) is 0 Å². The van der Waals surface area contributed by atoms with E-state index in [1.165, 1.54) is 23.2 Å². The van der Waals surface area contributed by atoms with E-state index >= 15 is 0 Å². The predicted molar refractivity (Wildman–Crippen MR) is 109 cm³/mol. The number of nitrogens with two attached hydrogens (primary N) is 1. The van der Waals surface area contributed by atoms with Gasteiger partial charge in [0.1, 0.15) is 0 Å². The zero-order valence-electron chi connectivity index (χ0n) is 15.3. The quantitative estimate of drug-likeness (QED) is 0.663. The molecule has 26 heavy (non-hydrogen) atoms. The van der Waals surface area contributed by atoms with Gasteiger partial charge in [-0.2, -0.15) is 0 Å². The van der Waals surface area contributed by atoms with Crippen LogP contribution in [-0.2, 0) is 13.0 Å². The molecule has 0 unspecified atom stereocenters. The third kappa shape index (κ3) is 3.62. The Morgan fingerprint density at radius 2 is 2.08 bits per heavy atom. The highest BCUT2D eigenvalue weighted by Crippen LogP contribution is 2.27. The van der Waals surface area contributed by atoms with Gasteiger partial charge in [-0.05, 0) is 30.0 Å². The van der Waals surface area contributed by atoms with E-state index in [4.69, 9.17) is 5.73 Å². The molecule has 0 radical (unpaired) electrons. The highest BCUT2D eigenvalue weighted by Gasteiger charge is 2.20. The van der Waals surface area contributed by atoms with Gasteiger partial charge < -0.3 is 20.4 Å². The van der Waals surface area contributed by atoms with Crippen LogP contribution in [-0.4, -0.2) is 55.6 Å². The maximum Gasteiger partial charge on any atom is 0.191 e. The number of fused-ring (bicyclic) bond motifs is 1. The number of hydrogen-bond acceptors (Lipinski definition) is 5. The van der Waals surface area contributed by atoms with Crippen LogP contribution in [0.5, 0.6) is 0 Å². The highest BCUT2D eigenvalue weighted by molar-refractivity contribution is 7.13. The summed E-state index contributed by atoms with van der Waals surface area (Å²) in [6.07, 6.45) is 4.24. The summed E-state index contributed by atoms with van der Waals surface area (Å²) in [6, 6.07) is 6.70. The molecule has 6 nitrogen and oxygen atoms in total. The maximum absolute atomic E-state index is 6.26. The smallest absolute Gasteiger partial charge is 0.191 e. The summed E-state index contributed by atoms with van der Waals surface area (Å²) in [4.78, 5) is 15.9. The van der Waals surface area contributed by atoms with Crippen LogP contribution in [0.3, 0.4) is 0 Å². The fraction of sp³-hybridized carbons (Fsp3) is 0.474. The van der Waals surface area contributed by atoms with Crippen LogP contribution >= 0.6 is 11.3 Å². The summed E-state index contributed by atoms with van der Waals surface area (Å²) in [6.45, 7) is 5.46. The number of thiazole rings is 1. The largest absolute Gasteiger partial charge is 0.374 e. The third-order valence-electron chi connectivity index (χ3n) is 5.21. The van der Waals surface area contributed by atoms with E-state index in [0.717, 1.165) is 44.3 Å². The van der Waals surface area contributed by atoms with E-state index in [-0.39, 0.29) is 0 Å². The van der Waals surface area contributed by atoms with Gasteiger partial charge in [0.2, 0.25) is 0 Å². The number of rotatable bonds is 3. The van der Waals surface area contributed by atoms with E-state index in [0.29, 0.717) is 12.5 Å². The van der Waals surface area contributed by atoms with Gasteiger partial charge in [-0.15, -0.1) is 11.3 Å². The molecule has 2 aromatic rings. The average Bonchev–Trinajstić information content (AvgIpc) is 3.21. The Balaban J connectivity index is 1.35. The van der Waals surface area contributed by atoms with Crippen molar-refractivity contribution >= 4 is 28.1 Å². The lowest BCUT2D eigenvalue weighted by atomic mass is 10.00. The minimum atomic E-state index is 0.648. The molecule has 4 rings (SSSR count). The molecule has 2 aliphatic rings. The molecular weight excluding hydrogens is 344 g/mol. The number of guanidine groups is 1. The summed E-state index contributed by atoms with van der Waals surface area (Å²) in [5, 5.41) is 3.12. The van der Waals surface area contributed by atoms with Crippen molar-refractivity contribution < 1.29 is 0 Å². The van der Waals surface area contributed by atoms with Crippen LogP contribution in [0.4, 0.5) is 10.8 Å². The number of aryl methyl sites for hydroxylation is 1. The summed E-state index contributed by atoms with van der Waals surface area (Å²) >= 11 is 1.69. The van der Waals surface area contributed by atoms with Crippen molar-refractivity contribution in [3.63, 3.8) is 0 Å². The Kier molecular flexibility index (Phi) is 4.97. The summed E-state index contributed by atoms with van der Waals surface area (Å²) in [5.41, 5.74) is 10.3. The summed E-state index contributed by atoms with van der Waals surface area (Å²) < 4.78 is 0. The number of hydrogen-bond donors (Lipinski definition) is 1. The fourth-order valence-electron chi connectivity index (χ4n) is 3.71. The Hall–Kier alpha value is -2.28. The van der Waals surface area contributed by atoms with Crippen molar-refractivity contribution in [1.82, 2.24) is 9.88 Å². The third-order valence-corrected chi connectivity index (χ3v) is 6.04. The molecule has 1 aromatic carbocycles. The Morgan fingerprint density at radius 1 is 1.23 bits per heavy atom. The summed E-state index contributed by atoms with van der Waals surface area (Å²) in [5.74, 6) is 0.652. The van der Waals surface area contributed by atoms with Gasteiger partial charge in [-0.1, -0.05) is 12.1 Å². The molecule has 2 aliphatic heterocycles. The van der Waals surface area contributed by atoms with E-state index < -0.39 is 0 Å². The number of aromatic nitrogens is 1. The Labute approximate surface area is 159 Å². The van der Waals surface area contributed by atoms with Gasteiger partial charge in [0.05, 0.1) is 6.54 Å². The molecule has 2 N–H and O–H groups in total. The second-order valence-electron chi connectivity index (χ2n) is 6.95. The molecule has 0 spiro atoms. The molecule has 0 aliphatic carbocycles.